The Morgan fingerprint density at radius 3 is 2.20 bits per heavy atom. The highest BCUT2D eigenvalue weighted by Crippen LogP contribution is 2.27. The number of aliphatic hydroxyl groups is 3. The summed E-state index contributed by atoms with van der Waals surface area (Å²) in [6.45, 7) is 11.0. The molecule has 2 aliphatic rings. The third-order valence-electron chi connectivity index (χ3n) is 10.4. The van der Waals surface area contributed by atoms with Crippen LogP contribution in [0.2, 0.25) is 0 Å². The smallest absolute Gasteiger partial charge is 0.335 e. The molecule has 0 aliphatic carbocycles. The summed E-state index contributed by atoms with van der Waals surface area (Å²) < 4.78 is 22.8. The summed E-state index contributed by atoms with van der Waals surface area (Å²) >= 11 is 0. The van der Waals surface area contributed by atoms with Gasteiger partial charge in [0.1, 0.15) is 43.0 Å². The van der Waals surface area contributed by atoms with Crippen LogP contribution in [0.3, 0.4) is 0 Å². The van der Waals surface area contributed by atoms with Crippen LogP contribution >= 0.6 is 0 Å². The number of aliphatic carboxylic acids is 1. The fourth-order valence-corrected chi connectivity index (χ4v) is 6.69. The lowest BCUT2D eigenvalue weighted by molar-refractivity contribution is -0.228. The first-order chi connectivity index (χ1) is 30.1. The topological polar surface area (TPSA) is 307 Å². The third kappa shape index (κ3) is 13.7. The fourth-order valence-electron chi connectivity index (χ4n) is 6.69. The van der Waals surface area contributed by atoms with Crippen molar-refractivity contribution >= 4 is 47.2 Å². The maximum atomic E-state index is 13.9. The molecule has 0 spiro atoms. The Labute approximate surface area is 369 Å². The summed E-state index contributed by atoms with van der Waals surface area (Å²) in [6.07, 6.45) is -4.89. The van der Waals surface area contributed by atoms with Gasteiger partial charge in [-0.15, -0.1) is 5.10 Å². The molecule has 1 unspecified atom stereocenters. The molecule has 4 rings (SSSR count). The number of aliphatic hydroxyl groups excluding tert-OH is 3. The number of esters is 1. The van der Waals surface area contributed by atoms with E-state index >= 15 is 0 Å². The Kier molecular flexibility index (Phi) is 18.2. The van der Waals surface area contributed by atoms with Gasteiger partial charge in [-0.2, -0.15) is 0 Å². The molecule has 64 heavy (non-hydrogen) atoms. The van der Waals surface area contributed by atoms with Gasteiger partial charge in [0.05, 0.1) is 43.6 Å². The number of benzene rings is 1. The van der Waals surface area contributed by atoms with Gasteiger partial charge in [0.25, 0.3) is 11.8 Å². The summed E-state index contributed by atoms with van der Waals surface area (Å²) in [5.74, 6) is -6.25. The number of carboxylic acid groups (broad SMARTS) is 1. The van der Waals surface area contributed by atoms with E-state index in [2.05, 4.69) is 26.3 Å². The van der Waals surface area contributed by atoms with Crippen molar-refractivity contribution in [3.05, 3.63) is 53.4 Å². The quantitative estimate of drug-likeness (QED) is 0.0424. The van der Waals surface area contributed by atoms with E-state index in [4.69, 9.17) is 18.9 Å². The lowest BCUT2D eigenvalue weighted by Gasteiger charge is -2.39. The first-order valence-corrected chi connectivity index (χ1v) is 20.8. The lowest BCUT2D eigenvalue weighted by atomic mass is 9.91. The van der Waals surface area contributed by atoms with E-state index in [0.29, 0.717) is 37.5 Å². The maximum absolute atomic E-state index is 13.9. The number of nitrogens with one attached hydrogen (secondary N) is 3. The van der Waals surface area contributed by atoms with Gasteiger partial charge >= 0.3 is 11.9 Å². The summed E-state index contributed by atoms with van der Waals surface area (Å²) in [6, 6.07) is 0.862. The van der Waals surface area contributed by atoms with Crippen LogP contribution < -0.4 is 16.0 Å². The number of aromatic nitrogens is 3. The number of hydrogen-bond acceptors (Lipinski definition) is 16. The Morgan fingerprint density at radius 2 is 1.58 bits per heavy atom. The van der Waals surface area contributed by atoms with Crippen LogP contribution in [0.15, 0.2) is 36.5 Å². The van der Waals surface area contributed by atoms with Gasteiger partial charge in [-0.1, -0.05) is 25.1 Å². The molecule has 3 heterocycles. The summed E-state index contributed by atoms with van der Waals surface area (Å²) in [4.78, 5) is 91.7. The molecule has 1 fully saturated rings. The first kappa shape index (κ1) is 51.0. The van der Waals surface area contributed by atoms with Crippen molar-refractivity contribution < 1.29 is 72.9 Å². The monoisotopic (exact) mass is 901 g/mol. The third-order valence-corrected chi connectivity index (χ3v) is 10.4. The molecule has 5 amide bonds. The van der Waals surface area contributed by atoms with Gasteiger partial charge < -0.3 is 55.3 Å². The van der Waals surface area contributed by atoms with E-state index < -0.39 is 101 Å². The van der Waals surface area contributed by atoms with Crippen molar-refractivity contribution in [2.24, 2.45) is 11.3 Å². The maximum Gasteiger partial charge on any atom is 0.335 e. The van der Waals surface area contributed by atoms with Crippen LogP contribution in [0.5, 0.6) is 0 Å². The molecular weight excluding hydrogens is 842 g/mol. The van der Waals surface area contributed by atoms with Crippen molar-refractivity contribution in [3.63, 3.8) is 0 Å². The molecule has 8 atom stereocenters. The molecule has 22 nitrogen and oxygen atoms in total. The molecule has 1 saturated heterocycles. The second-order valence-corrected chi connectivity index (χ2v) is 16.9. The number of carbonyl (C=O) groups excluding carboxylic acids is 6. The number of rotatable bonds is 22. The molecular formula is C42H59N7O15. The highest BCUT2D eigenvalue weighted by atomic mass is 16.6. The zero-order valence-corrected chi connectivity index (χ0v) is 36.9. The minimum absolute atomic E-state index is 0.0518. The van der Waals surface area contributed by atoms with E-state index in [1.165, 1.54) is 17.7 Å². The van der Waals surface area contributed by atoms with Gasteiger partial charge in [0.2, 0.25) is 17.7 Å². The first-order valence-electron chi connectivity index (χ1n) is 20.8. The summed E-state index contributed by atoms with van der Waals surface area (Å²) in [5.41, 5.74) is 0.719. The average Bonchev–Trinajstić information content (AvgIpc) is 3.83. The normalized spacial score (nSPS) is 21.4. The summed E-state index contributed by atoms with van der Waals surface area (Å²) in [7, 11) is 1.55. The van der Waals surface area contributed by atoms with Crippen LogP contribution in [0.4, 0.5) is 5.69 Å². The summed E-state index contributed by atoms with van der Waals surface area (Å²) in [5, 5.41) is 56.6. The number of ether oxygens (including phenoxy) is 4. The van der Waals surface area contributed by atoms with Gasteiger partial charge in [-0.3, -0.25) is 33.7 Å². The standard InChI is InChI=1S/C42H59N7O15/c1-22(2)32(45-38(56)28(49-30(50)12-13-31(49)51)19-27-20-48(47-46-27)14-15-62-17-16-61-7)39(57)43-23(3)37(55)44-26-10-8-25(21-63-41(60)42(4,5)6)24(18-26)9-11-29-33(52)34(53)35(54)36(64-29)40(58)59/h8,10,12-13,18,20,22-23,28-29,32-36,52-54H,9,11,14-17,19,21H2,1-7H3,(H,43,57)(H,44,55)(H,45,56)(H,58,59)/t23-,28?,29-,32-,33-,34+,35-,36-/m0/s1. The van der Waals surface area contributed by atoms with Crippen molar-refractivity contribution in [3.8, 4) is 0 Å². The Balaban J connectivity index is 1.46. The molecule has 0 radical (unpaired) electrons. The Morgan fingerprint density at radius 1 is 0.891 bits per heavy atom. The predicted molar refractivity (Wildman–Crippen MR) is 223 cm³/mol. The van der Waals surface area contributed by atoms with Gasteiger partial charge in [-0.05, 0) is 69.7 Å². The van der Waals surface area contributed by atoms with Crippen LogP contribution in [-0.2, 0) is 78.5 Å². The van der Waals surface area contributed by atoms with Crippen molar-refractivity contribution in [1.82, 2.24) is 30.5 Å². The molecule has 352 valence electrons. The molecule has 1 aromatic carbocycles. The molecule has 1 aromatic heterocycles. The zero-order chi connectivity index (χ0) is 47.5. The second-order valence-electron chi connectivity index (χ2n) is 16.9. The fraction of sp³-hybridized carbons (Fsp3) is 0.595. The second kappa shape index (κ2) is 22.8. The van der Waals surface area contributed by atoms with Crippen molar-refractivity contribution in [2.75, 3.05) is 32.2 Å². The van der Waals surface area contributed by atoms with Gasteiger partial charge in [-0.25, -0.2) is 9.48 Å². The predicted octanol–water partition coefficient (Wildman–Crippen LogP) is -0.982. The highest BCUT2D eigenvalue weighted by molar-refractivity contribution is 6.15. The molecule has 0 bridgehead atoms. The molecule has 7 N–H and O–H groups in total. The number of aryl methyl sites for hydroxylation is 1. The Hall–Kier alpha value is -5.65. The van der Waals surface area contributed by atoms with Crippen LogP contribution in [0.25, 0.3) is 0 Å². The van der Waals surface area contributed by atoms with E-state index in [-0.39, 0.29) is 37.3 Å². The van der Waals surface area contributed by atoms with Crippen LogP contribution in [-0.4, -0.2) is 157 Å². The number of methoxy groups -OCH3 is 1. The van der Waals surface area contributed by atoms with Gasteiger partial charge in [0, 0.05) is 37.6 Å². The molecule has 2 aromatic rings. The van der Waals surface area contributed by atoms with Crippen LogP contribution in [0, 0.1) is 11.3 Å². The number of hydrogen-bond donors (Lipinski definition) is 7. The number of amides is 5. The van der Waals surface area contributed by atoms with E-state index in [1.807, 2.05) is 0 Å². The number of carbonyl (C=O) groups is 7. The Bertz CT molecular complexity index is 2010. The van der Waals surface area contributed by atoms with Gasteiger partial charge in [0.15, 0.2) is 6.10 Å². The van der Waals surface area contributed by atoms with Crippen molar-refractivity contribution in [1.29, 1.82) is 0 Å². The minimum atomic E-state index is -1.87. The van der Waals surface area contributed by atoms with E-state index in [1.54, 1.807) is 60.1 Å². The minimum Gasteiger partial charge on any atom is -0.479 e. The number of carboxylic acids is 1. The largest absolute Gasteiger partial charge is 0.479 e. The average molecular weight is 902 g/mol. The van der Waals surface area contributed by atoms with Crippen LogP contribution in [0.1, 0.15) is 64.8 Å². The number of imide groups is 1. The van der Waals surface area contributed by atoms with E-state index in [9.17, 15) is 54.0 Å². The molecule has 2 aliphatic heterocycles. The highest BCUT2D eigenvalue weighted by Gasteiger charge is 2.46. The SMILES string of the molecule is COCCOCCn1cc(CC(C(=O)N[C@H](C(=O)N[C@@H](C)C(=O)Nc2ccc(COC(=O)C(C)(C)C)c(CC[C@@H]3O[C@H](C(=O)O)[C@@H](O)[C@H](O)[C@H]3O)c2)C(C)C)N2C(=O)C=CC2=O)nn1. The zero-order valence-electron chi connectivity index (χ0n) is 36.9. The number of nitrogens with zero attached hydrogens (tertiary/aromatic N) is 4. The lowest BCUT2D eigenvalue weighted by Crippen LogP contribution is -2.59. The van der Waals surface area contributed by atoms with Crippen molar-refractivity contribution in [2.45, 2.75) is 123 Å². The number of anilines is 1. The molecule has 0 saturated carbocycles. The molecule has 22 heteroatoms. The van der Waals surface area contributed by atoms with E-state index in [0.717, 1.165) is 17.1 Å².